The minimum Gasteiger partial charge on any atom is -0.775 e. The summed E-state index contributed by atoms with van der Waals surface area (Å²) in [5, 5.41) is 11.3. The molecule has 8 heteroatoms. The maximum absolute atomic E-state index is 12.6. The highest BCUT2D eigenvalue weighted by Gasteiger charge is 2.51. The molecular weight excluding hydrogens is 343 g/mol. The highest BCUT2D eigenvalue weighted by atomic mass is 32.2. The van der Waals surface area contributed by atoms with E-state index in [1.165, 1.54) is 12.5 Å². The smallest absolute Gasteiger partial charge is 0.455 e. The summed E-state index contributed by atoms with van der Waals surface area (Å²) in [4.78, 5) is 12.6. The lowest BCUT2D eigenvalue weighted by Crippen LogP contribution is -2.37. The largest absolute Gasteiger partial charge is 0.775 e. The molecular formula is C16H21F3NO3S-. The Morgan fingerprint density at radius 1 is 1.54 bits per heavy atom. The molecule has 4 nitrogen and oxygen atoms in total. The zero-order chi connectivity index (χ0) is 17.7. The molecule has 5 atom stereocenters. The van der Waals surface area contributed by atoms with Gasteiger partial charge in [-0.2, -0.15) is 13.2 Å². The summed E-state index contributed by atoms with van der Waals surface area (Å²) in [6, 6.07) is 0. The fourth-order valence-corrected chi connectivity index (χ4v) is 4.99. The lowest BCUT2D eigenvalue weighted by molar-refractivity contribution is -0.158. The molecule has 0 radical (unpaired) electrons. The number of allylic oxidation sites excluding steroid dienone is 1. The highest BCUT2D eigenvalue weighted by molar-refractivity contribution is 7.97. The van der Waals surface area contributed by atoms with Gasteiger partial charge in [0, 0.05) is 18.5 Å². The van der Waals surface area contributed by atoms with E-state index in [1.54, 1.807) is 0 Å². The van der Waals surface area contributed by atoms with Gasteiger partial charge in [-0.05, 0) is 57.3 Å². The molecule has 0 aromatic carbocycles. The number of alkyl halides is 3. The number of carbonyl (C=O) groups excluding carboxylic acids is 1. The summed E-state index contributed by atoms with van der Waals surface area (Å²) in [6.45, 7) is 2.76. The van der Waals surface area contributed by atoms with Crippen molar-refractivity contribution in [1.82, 2.24) is 4.47 Å². The molecule has 0 aromatic heterocycles. The SMILES string of the molecule is CC(CN([O-])SC(F)(F)F)OC(=O)C1(C)C=C2CC3CC(CC23)C1. The van der Waals surface area contributed by atoms with E-state index >= 15 is 0 Å². The lowest BCUT2D eigenvalue weighted by Gasteiger charge is -2.38. The normalized spacial score (nSPS) is 36.0. The molecule has 5 unspecified atom stereocenters. The summed E-state index contributed by atoms with van der Waals surface area (Å²) in [7, 11) is 0. The van der Waals surface area contributed by atoms with Crippen LogP contribution in [0.2, 0.25) is 0 Å². The standard InChI is InChI=1S/C16H21F3NO3S/c1-9(8-20(22)24-16(17,18)19)23-14(21)15(2)6-10-3-11-5-12(7-15)13(11)4-10/h7,9-11,13H,3-6,8H2,1-2H3/q-1. The molecule has 136 valence electrons. The van der Waals surface area contributed by atoms with E-state index in [4.69, 9.17) is 4.74 Å². The van der Waals surface area contributed by atoms with Crippen molar-refractivity contribution in [3.05, 3.63) is 16.9 Å². The Labute approximate surface area is 143 Å². The number of ether oxygens (including phenoxy) is 1. The van der Waals surface area contributed by atoms with Gasteiger partial charge in [0.05, 0.1) is 5.41 Å². The minimum absolute atomic E-state index is 0.190. The van der Waals surface area contributed by atoms with E-state index in [1.807, 2.05) is 13.0 Å². The number of hydrogen-bond acceptors (Lipinski definition) is 5. The van der Waals surface area contributed by atoms with Crippen molar-refractivity contribution in [3.63, 3.8) is 0 Å². The van der Waals surface area contributed by atoms with E-state index in [9.17, 15) is 23.2 Å². The van der Waals surface area contributed by atoms with Crippen molar-refractivity contribution in [2.75, 3.05) is 6.54 Å². The van der Waals surface area contributed by atoms with Gasteiger partial charge in [-0.25, -0.2) is 0 Å². The summed E-state index contributed by atoms with van der Waals surface area (Å²) in [5.74, 6) is 1.45. The van der Waals surface area contributed by atoms with Crippen molar-refractivity contribution in [1.29, 1.82) is 0 Å². The average Bonchev–Trinajstić information content (AvgIpc) is 2.62. The van der Waals surface area contributed by atoms with E-state index in [0.717, 1.165) is 25.2 Å². The zero-order valence-corrected chi connectivity index (χ0v) is 14.5. The molecule has 3 rings (SSSR count). The van der Waals surface area contributed by atoms with E-state index in [2.05, 4.69) is 0 Å². The molecule has 0 N–H and O–H groups in total. The van der Waals surface area contributed by atoms with Crippen LogP contribution in [0, 0.1) is 28.4 Å². The fraction of sp³-hybridized carbons (Fsp3) is 0.812. The molecule has 0 saturated heterocycles. The first kappa shape index (κ1) is 18.1. The molecule has 0 aliphatic heterocycles. The first-order chi connectivity index (χ1) is 11.1. The quantitative estimate of drug-likeness (QED) is 0.316. The molecule has 2 saturated carbocycles. The third-order valence-corrected chi connectivity index (χ3v) is 5.93. The van der Waals surface area contributed by atoms with Crippen molar-refractivity contribution in [2.24, 2.45) is 23.2 Å². The number of nitrogens with zero attached hydrogens (tertiary/aromatic N) is 1. The van der Waals surface area contributed by atoms with Crippen LogP contribution in [0.4, 0.5) is 13.2 Å². The second kappa shape index (κ2) is 6.21. The first-order valence-corrected chi connectivity index (χ1v) is 8.96. The van der Waals surface area contributed by atoms with Crippen LogP contribution in [0.5, 0.6) is 0 Å². The second-order valence-electron chi connectivity index (χ2n) is 7.52. The van der Waals surface area contributed by atoms with Crippen LogP contribution in [0.1, 0.15) is 39.5 Å². The van der Waals surface area contributed by atoms with Crippen LogP contribution in [0.3, 0.4) is 0 Å². The van der Waals surface area contributed by atoms with E-state index < -0.39 is 41.5 Å². The van der Waals surface area contributed by atoms with Gasteiger partial charge in [-0.3, -0.25) is 4.79 Å². The number of rotatable bonds is 5. The predicted molar refractivity (Wildman–Crippen MR) is 84.4 cm³/mol. The maximum atomic E-state index is 12.6. The van der Waals surface area contributed by atoms with Gasteiger partial charge in [0.1, 0.15) is 6.10 Å². The molecule has 0 aromatic rings. The number of esters is 1. The van der Waals surface area contributed by atoms with Crippen LogP contribution in [0.25, 0.3) is 0 Å². The number of fused-ring (bicyclic) bond motifs is 1. The van der Waals surface area contributed by atoms with Gasteiger partial charge >= 0.3 is 11.5 Å². The van der Waals surface area contributed by atoms with Gasteiger partial charge < -0.3 is 14.4 Å². The Kier molecular flexibility index (Phi) is 4.68. The minimum atomic E-state index is -4.64. The summed E-state index contributed by atoms with van der Waals surface area (Å²) in [6.07, 6.45) is 5.17. The maximum Gasteiger partial charge on any atom is 0.455 e. The van der Waals surface area contributed by atoms with Gasteiger partial charge in [-0.1, -0.05) is 11.6 Å². The Morgan fingerprint density at radius 3 is 2.92 bits per heavy atom. The van der Waals surface area contributed by atoms with Crippen molar-refractivity contribution < 1.29 is 22.7 Å². The van der Waals surface area contributed by atoms with Gasteiger partial charge in [0.2, 0.25) is 0 Å². The first-order valence-electron chi connectivity index (χ1n) is 8.19. The van der Waals surface area contributed by atoms with E-state index in [-0.39, 0.29) is 4.47 Å². The van der Waals surface area contributed by atoms with Crippen LogP contribution in [-0.4, -0.2) is 28.6 Å². The molecule has 3 aliphatic carbocycles. The molecule has 0 heterocycles. The van der Waals surface area contributed by atoms with Crippen molar-refractivity contribution in [2.45, 2.75) is 51.1 Å². The Morgan fingerprint density at radius 2 is 2.25 bits per heavy atom. The molecule has 2 fully saturated rings. The van der Waals surface area contributed by atoms with Gasteiger partial charge in [0.15, 0.2) is 0 Å². The summed E-state index contributed by atoms with van der Waals surface area (Å²) < 4.78 is 41.6. The number of hydroxylamine groups is 1. The number of carbonyl (C=O) groups is 1. The molecule has 0 spiro atoms. The van der Waals surface area contributed by atoms with Gasteiger partial charge in [-0.15, -0.1) is 0 Å². The topological polar surface area (TPSA) is 52.6 Å². The Bertz CT molecular complexity index is 553. The molecule has 0 amide bonds. The van der Waals surface area contributed by atoms with Crippen LogP contribution in [-0.2, 0) is 9.53 Å². The summed E-state index contributed by atoms with van der Waals surface area (Å²) >= 11 is -0.759. The average molecular weight is 364 g/mol. The monoisotopic (exact) mass is 364 g/mol. The van der Waals surface area contributed by atoms with Crippen molar-refractivity contribution >= 4 is 17.9 Å². The van der Waals surface area contributed by atoms with Crippen molar-refractivity contribution in [3.8, 4) is 0 Å². The lowest BCUT2D eigenvalue weighted by atomic mass is 9.67. The van der Waals surface area contributed by atoms with Crippen LogP contribution >= 0.6 is 11.9 Å². The highest BCUT2D eigenvalue weighted by Crippen LogP contribution is 2.59. The zero-order valence-electron chi connectivity index (χ0n) is 13.6. The Hall–Kier alpha value is -0.730. The van der Waals surface area contributed by atoms with Crippen LogP contribution < -0.4 is 0 Å². The predicted octanol–water partition coefficient (Wildman–Crippen LogP) is 4.27. The Balaban J connectivity index is 1.58. The number of hydrogen-bond donors (Lipinski definition) is 0. The fourth-order valence-electron chi connectivity index (χ4n) is 4.47. The molecule has 2 bridgehead atoms. The number of halogens is 3. The third-order valence-electron chi connectivity index (χ3n) is 5.37. The van der Waals surface area contributed by atoms with Gasteiger partial charge in [0.25, 0.3) is 0 Å². The van der Waals surface area contributed by atoms with Crippen LogP contribution in [0.15, 0.2) is 11.6 Å². The molecule has 24 heavy (non-hydrogen) atoms. The summed E-state index contributed by atoms with van der Waals surface area (Å²) in [5.41, 5.74) is -4.05. The third kappa shape index (κ3) is 3.75. The second-order valence-corrected chi connectivity index (χ2v) is 8.57. The molecule has 3 aliphatic rings. The van der Waals surface area contributed by atoms with E-state index in [0.29, 0.717) is 18.3 Å².